The lowest BCUT2D eigenvalue weighted by Gasteiger charge is -2.13. The van der Waals surface area contributed by atoms with E-state index in [9.17, 15) is 8.78 Å². The zero-order valence-electron chi connectivity index (χ0n) is 4.44. The van der Waals surface area contributed by atoms with Gasteiger partial charge in [-0.05, 0) is 11.6 Å². The van der Waals surface area contributed by atoms with Gasteiger partial charge in [-0.2, -0.15) is 8.78 Å². The van der Waals surface area contributed by atoms with E-state index < -0.39 is 11.7 Å². The minimum Gasteiger partial charge on any atom is -0.344 e. The predicted octanol–water partition coefficient (Wildman–Crippen LogP) is 1.19. The molecule has 0 bridgehead atoms. The van der Waals surface area contributed by atoms with E-state index in [0.717, 1.165) is 0 Å². The van der Waals surface area contributed by atoms with Crippen LogP contribution in [-0.4, -0.2) is 24.9 Å². The summed E-state index contributed by atoms with van der Waals surface area (Å²) in [6.45, 7) is 0.375. The quantitative estimate of drug-likeness (QED) is 0.534. The van der Waals surface area contributed by atoms with Gasteiger partial charge in [0.1, 0.15) is 0 Å². The zero-order chi connectivity index (χ0) is 6.91. The monoisotopic (exact) mass is 158 g/mol. The lowest BCUT2D eigenvalue weighted by Crippen LogP contribution is -2.27. The number of alkyl halides is 3. The second-order valence-corrected chi connectivity index (χ2v) is 2.12. The molecule has 0 N–H and O–H groups in total. The summed E-state index contributed by atoms with van der Waals surface area (Å²) in [7, 11) is 0. The van der Waals surface area contributed by atoms with Crippen molar-refractivity contribution in [2.75, 3.05) is 13.2 Å². The largest absolute Gasteiger partial charge is 0.371 e. The number of hydrogen-bond acceptors (Lipinski definition) is 2. The molecule has 0 aromatic heterocycles. The van der Waals surface area contributed by atoms with Gasteiger partial charge in [0.2, 0.25) is 6.29 Å². The average Bonchev–Trinajstić information content (AvgIpc) is 2.08. The first-order valence-electron chi connectivity index (χ1n) is 2.40. The average molecular weight is 159 g/mol. The van der Waals surface area contributed by atoms with E-state index in [2.05, 4.69) is 21.1 Å². The van der Waals surface area contributed by atoms with Gasteiger partial charge in [-0.1, -0.05) is 0 Å². The van der Waals surface area contributed by atoms with Crippen LogP contribution in [0.15, 0.2) is 0 Å². The van der Waals surface area contributed by atoms with Crippen molar-refractivity contribution in [1.29, 1.82) is 0 Å². The molecule has 54 valence electrons. The maximum atomic E-state index is 11.9. The van der Waals surface area contributed by atoms with Gasteiger partial charge in [0.25, 0.3) is 0 Å². The minimum atomic E-state index is -3.39. The molecule has 0 spiro atoms. The summed E-state index contributed by atoms with van der Waals surface area (Å²) in [5, 5.41) is -3.39. The fourth-order valence-electron chi connectivity index (χ4n) is 0.547. The third-order valence-electron chi connectivity index (χ3n) is 0.889. The Bertz CT molecular complexity index is 97.2. The van der Waals surface area contributed by atoms with Crippen molar-refractivity contribution >= 4 is 11.6 Å². The van der Waals surface area contributed by atoms with Crippen molar-refractivity contribution in [1.82, 2.24) is 0 Å². The Morgan fingerprint density at radius 3 is 2.00 bits per heavy atom. The molecule has 1 fully saturated rings. The van der Waals surface area contributed by atoms with Gasteiger partial charge < -0.3 is 9.47 Å². The maximum absolute atomic E-state index is 11.9. The number of rotatable bonds is 1. The van der Waals surface area contributed by atoms with Gasteiger partial charge in [-0.25, -0.2) is 0 Å². The van der Waals surface area contributed by atoms with Gasteiger partial charge in [0.15, 0.2) is 0 Å². The normalized spacial score (nSPS) is 23.0. The molecule has 0 aromatic carbocycles. The molecular weight excluding hydrogens is 153 g/mol. The van der Waals surface area contributed by atoms with Gasteiger partial charge >= 0.3 is 5.38 Å². The van der Waals surface area contributed by atoms with Crippen LogP contribution in [0.4, 0.5) is 8.78 Å². The highest BCUT2D eigenvalue weighted by Crippen LogP contribution is 2.28. The molecule has 0 radical (unpaired) electrons. The Morgan fingerprint density at radius 1 is 1.33 bits per heavy atom. The third kappa shape index (κ3) is 1.74. The fourth-order valence-corrected chi connectivity index (χ4v) is 0.673. The van der Waals surface area contributed by atoms with E-state index in [1.54, 1.807) is 0 Å². The highest BCUT2D eigenvalue weighted by Gasteiger charge is 2.41. The number of hydrogen-bond donors (Lipinski definition) is 0. The molecule has 1 saturated heterocycles. The van der Waals surface area contributed by atoms with E-state index in [4.69, 9.17) is 0 Å². The number of ether oxygens (including phenoxy) is 2. The van der Waals surface area contributed by atoms with Crippen molar-refractivity contribution in [3.63, 3.8) is 0 Å². The van der Waals surface area contributed by atoms with Crippen LogP contribution in [0.3, 0.4) is 0 Å². The summed E-state index contributed by atoms with van der Waals surface area (Å²) < 4.78 is 32.7. The summed E-state index contributed by atoms with van der Waals surface area (Å²) in [6.07, 6.45) is -1.56. The SMILES string of the molecule is FC(F)(Cl)C1OCCO1. The van der Waals surface area contributed by atoms with Crippen LogP contribution < -0.4 is 0 Å². The maximum Gasteiger partial charge on any atom is 0.371 e. The van der Waals surface area contributed by atoms with E-state index in [1.807, 2.05) is 0 Å². The summed E-state index contributed by atoms with van der Waals surface area (Å²) in [5.41, 5.74) is 0. The summed E-state index contributed by atoms with van der Waals surface area (Å²) in [5.74, 6) is 0. The van der Waals surface area contributed by atoms with Crippen molar-refractivity contribution in [2.45, 2.75) is 11.7 Å². The summed E-state index contributed by atoms with van der Waals surface area (Å²) >= 11 is 4.56. The van der Waals surface area contributed by atoms with Crippen molar-refractivity contribution in [3.05, 3.63) is 0 Å². The second-order valence-electron chi connectivity index (χ2n) is 1.62. The molecule has 1 heterocycles. The third-order valence-corrected chi connectivity index (χ3v) is 1.07. The molecule has 0 saturated carbocycles. The first-order valence-corrected chi connectivity index (χ1v) is 2.78. The zero-order valence-corrected chi connectivity index (χ0v) is 5.20. The van der Waals surface area contributed by atoms with Crippen molar-refractivity contribution in [3.8, 4) is 0 Å². The topological polar surface area (TPSA) is 18.5 Å². The first-order chi connectivity index (χ1) is 4.11. The highest BCUT2D eigenvalue weighted by molar-refractivity contribution is 6.22. The molecule has 5 heteroatoms. The molecule has 0 aromatic rings. The Hall–Kier alpha value is 0.0700. The standard InChI is InChI=1S/C4H5ClF2O2/c5-4(6,7)3-8-1-2-9-3/h3H,1-2H2. The molecule has 2 nitrogen and oxygen atoms in total. The van der Waals surface area contributed by atoms with Crippen LogP contribution in [-0.2, 0) is 9.47 Å². The number of halogens is 3. The Kier molecular flexibility index (Phi) is 1.88. The van der Waals surface area contributed by atoms with Gasteiger partial charge in [0.05, 0.1) is 13.2 Å². The van der Waals surface area contributed by atoms with Crippen LogP contribution >= 0.6 is 11.6 Å². The van der Waals surface area contributed by atoms with Crippen LogP contribution in [0.25, 0.3) is 0 Å². The Labute approximate surface area is 55.7 Å². The van der Waals surface area contributed by atoms with Gasteiger partial charge in [0, 0.05) is 0 Å². The summed E-state index contributed by atoms with van der Waals surface area (Å²) in [4.78, 5) is 0. The first kappa shape index (κ1) is 7.18. The van der Waals surface area contributed by atoms with E-state index in [0.29, 0.717) is 0 Å². The molecule has 1 aliphatic heterocycles. The van der Waals surface area contributed by atoms with Gasteiger partial charge in [-0.15, -0.1) is 0 Å². The molecule has 0 unspecified atom stereocenters. The highest BCUT2D eigenvalue weighted by atomic mass is 35.5. The van der Waals surface area contributed by atoms with Crippen molar-refractivity contribution < 1.29 is 18.3 Å². The van der Waals surface area contributed by atoms with Crippen LogP contribution in [0.5, 0.6) is 0 Å². The van der Waals surface area contributed by atoms with Gasteiger partial charge in [-0.3, -0.25) is 0 Å². The molecule has 1 rings (SSSR count). The fraction of sp³-hybridized carbons (Fsp3) is 1.00. The lowest BCUT2D eigenvalue weighted by molar-refractivity contribution is -0.159. The molecule has 0 aliphatic carbocycles. The molecule has 0 atom stereocenters. The van der Waals surface area contributed by atoms with Crippen LogP contribution in [0, 0.1) is 0 Å². The molecule has 9 heavy (non-hydrogen) atoms. The van der Waals surface area contributed by atoms with E-state index in [1.165, 1.54) is 0 Å². The smallest absolute Gasteiger partial charge is 0.344 e. The van der Waals surface area contributed by atoms with E-state index >= 15 is 0 Å². The lowest BCUT2D eigenvalue weighted by atomic mass is 10.7. The summed E-state index contributed by atoms with van der Waals surface area (Å²) in [6, 6.07) is 0. The molecule has 0 amide bonds. The molecular formula is C4H5ClF2O2. The molecule has 1 aliphatic rings. The minimum absolute atomic E-state index is 0.187. The van der Waals surface area contributed by atoms with Crippen molar-refractivity contribution in [2.24, 2.45) is 0 Å². The van der Waals surface area contributed by atoms with E-state index in [-0.39, 0.29) is 13.2 Å². The predicted molar refractivity (Wildman–Crippen MR) is 26.5 cm³/mol. The second kappa shape index (κ2) is 2.36. The van der Waals surface area contributed by atoms with Crippen LogP contribution in [0.2, 0.25) is 0 Å². The van der Waals surface area contributed by atoms with Crippen LogP contribution in [0.1, 0.15) is 0 Å². The Morgan fingerprint density at radius 2 is 1.78 bits per heavy atom. The Balaban J connectivity index is 2.42.